The Morgan fingerprint density at radius 1 is 1.39 bits per heavy atom. The van der Waals surface area contributed by atoms with E-state index in [2.05, 4.69) is 10.3 Å². The van der Waals surface area contributed by atoms with Crippen LogP contribution in [0.5, 0.6) is 11.5 Å². The Bertz CT molecular complexity index is 540. The molecule has 0 saturated carbocycles. The summed E-state index contributed by atoms with van der Waals surface area (Å²) in [5.74, 6) is -0.630. The smallest absolute Gasteiger partial charge is 0.255 e. The van der Waals surface area contributed by atoms with Crippen LogP contribution in [0.15, 0.2) is 29.1 Å². The second-order valence-electron chi connectivity index (χ2n) is 3.69. The zero-order chi connectivity index (χ0) is 13.0. The van der Waals surface area contributed by atoms with Crippen molar-refractivity contribution in [2.24, 2.45) is 0 Å². The number of benzene rings is 1. The maximum Gasteiger partial charge on any atom is 0.255 e. The number of hydrogen-bond acceptors (Lipinski definition) is 5. The van der Waals surface area contributed by atoms with Crippen molar-refractivity contribution in [3.05, 3.63) is 40.3 Å². The van der Waals surface area contributed by atoms with Crippen molar-refractivity contribution in [1.29, 1.82) is 0 Å². The molecule has 1 aromatic carbocycles. The third-order valence-corrected chi connectivity index (χ3v) is 3.01. The molecule has 0 radical (unpaired) electrons. The van der Waals surface area contributed by atoms with Crippen LogP contribution in [-0.4, -0.2) is 27.6 Å². The van der Waals surface area contributed by atoms with Gasteiger partial charge in [0.25, 0.3) is 5.91 Å². The third kappa shape index (κ3) is 2.98. The molecule has 5 nitrogen and oxygen atoms in total. The van der Waals surface area contributed by atoms with Crippen LogP contribution in [-0.2, 0) is 6.42 Å². The molecule has 0 fully saturated rings. The van der Waals surface area contributed by atoms with Crippen LogP contribution < -0.4 is 5.32 Å². The summed E-state index contributed by atoms with van der Waals surface area (Å²) in [7, 11) is 0. The molecule has 1 amide bonds. The Labute approximate surface area is 108 Å². The fourth-order valence-corrected chi connectivity index (χ4v) is 2.06. The molecule has 3 N–H and O–H groups in total. The van der Waals surface area contributed by atoms with E-state index in [1.54, 1.807) is 5.51 Å². The number of phenolic OH excluding ortho intramolecular Hbond substituents is 2. The molecule has 0 unspecified atom stereocenters. The summed E-state index contributed by atoms with van der Waals surface area (Å²) in [5, 5.41) is 23.3. The fraction of sp³-hybridized carbons (Fsp3) is 0.167. The van der Waals surface area contributed by atoms with Gasteiger partial charge in [-0.2, -0.15) is 0 Å². The molecule has 1 heterocycles. The second kappa shape index (κ2) is 5.50. The molecular weight excluding hydrogens is 252 g/mol. The largest absolute Gasteiger partial charge is 0.508 e. The first-order chi connectivity index (χ1) is 8.66. The average molecular weight is 264 g/mol. The summed E-state index contributed by atoms with van der Waals surface area (Å²) in [6, 6.07) is 3.83. The summed E-state index contributed by atoms with van der Waals surface area (Å²) < 4.78 is 0. The first-order valence-electron chi connectivity index (χ1n) is 5.34. The van der Waals surface area contributed by atoms with E-state index in [0.29, 0.717) is 13.0 Å². The van der Waals surface area contributed by atoms with Crippen LogP contribution in [0.1, 0.15) is 16.1 Å². The molecule has 6 heteroatoms. The Hall–Kier alpha value is -2.08. The minimum absolute atomic E-state index is 0.0579. The summed E-state index contributed by atoms with van der Waals surface area (Å²) >= 11 is 1.50. The molecule has 0 aliphatic rings. The lowest BCUT2D eigenvalue weighted by molar-refractivity contribution is 0.0951. The normalized spacial score (nSPS) is 10.2. The first-order valence-corrected chi connectivity index (χ1v) is 6.28. The number of hydrogen-bond donors (Lipinski definition) is 3. The minimum atomic E-state index is -0.418. The van der Waals surface area contributed by atoms with Crippen molar-refractivity contribution in [2.75, 3.05) is 6.54 Å². The Morgan fingerprint density at radius 2 is 2.22 bits per heavy atom. The van der Waals surface area contributed by atoms with E-state index in [1.807, 2.05) is 5.38 Å². The highest BCUT2D eigenvalue weighted by Crippen LogP contribution is 2.21. The van der Waals surface area contributed by atoms with Gasteiger partial charge in [-0.1, -0.05) is 0 Å². The molecule has 1 aromatic heterocycles. The number of rotatable bonds is 4. The zero-order valence-corrected chi connectivity index (χ0v) is 10.3. The highest BCUT2D eigenvalue weighted by Gasteiger charge is 2.11. The number of carbonyl (C=O) groups is 1. The van der Waals surface area contributed by atoms with Gasteiger partial charge < -0.3 is 15.5 Å². The predicted octanol–water partition coefficient (Wildman–Crippen LogP) is 1.53. The first kappa shape index (κ1) is 12.4. The van der Waals surface area contributed by atoms with Crippen LogP contribution in [0.2, 0.25) is 0 Å². The number of aromatic nitrogens is 1. The molecule has 0 aliphatic carbocycles. The van der Waals surface area contributed by atoms with Crippen LogP contribution in [0.3, 0.4) is 0 Å². The third-order valence-electron chi connectivity index (χ3n) is 2.37. The number of thiazole rings is 1. The minimum Gasteiger partial charge on any atom is -0.508 e. The number of nitrogens with zero attached hydrogens (tertiary/aromatic N) is 1. The van der Waals surface area contributed by atoms with Crippen molar-refractivity contribution in [3.8, 4) is 11.5 Å². The Balaban J connectivity index is 1.93. The summed E-state index contributed by atoms with van der Waals surface area (Å²) in [6.45, 7) is 0.428. The van der Waals surface area contributed by atoms with Gasteiger partial charge in [0.05, 0.1) is 16.8 Å². The maximum atomic E-state index is 11.7. The van der Waals surface area contributed by atoms with Crippen LogP contribution >= 0.6 is 11.3 Å². The molecule has 0 aliphatic heterocycles. The second-order valence-corrected chi connectivity index (χ2v) is 4.41. The zero-order valence-electron chi connectivity index (χ0n) is 9.46. The van der Waals surface area contributed by atoms with Crippen molar-refractivity contribution in [2.45, 2.75) is 6.42 Å². The van der Waals surface area contributed by atoms with E-state index in [9.17, 15) is 15.0 Å². The Morgan fingerprint density at radius 3 is 2.94 bits per heavy atom. The quantitative estimate of drug-likeness (QED) is 0.731. The summed E-state index contributed by atoms with van der Waals surface area (Å²) in [5.41, 5.74) is 2.71. The highest BCUT2D eigenvalue weighted by atomic mass is 32.1. The number of amides is 1. The van der Waals surface area contributed by atoms with Crippen molar-refractivity contribution >= 4 is 17.2 Å². The number of nitrogens with one attached hydrogen (secondary N) is 1. The van der Waals surface area contributed by atoms with Gasteiger partial charge in [0.15, 0.2) is 0 Å². The molecular formula is C12H12N2O3S. The van der Waals surface area contributed by atoms with Gasteiger partial charge in [-0.15, -0.1) is 11.3 Å². The maximum absolute atomic E-state index is 11.7. The molecule has 0 saturated heterocycles. The van der Waals surface area contributed by atoms with Gasteiger partial charge in [0.1, 0.15) is 11.5 Å². The molecule has 18 heavy (non-hydrogen) atoms. The topological polar surface area (TPSA) is 82.5 Å². The van der Waals surface area contributed by atoms with Crippen LogP contribution in [0.4, 0.5) is 0 Å². The Kier molecular flexibility index (Phi) is 3.78. The lowest BCUT2D eigenvalue weighted by Crippen LogP contribution is -2.25. The van der Waals surface area contributed by atoms with Gasteiger partial charge in [0, 0.05) is 18.3 Å². The van der Waals surface area contributed by atoms with Gasteiger partial charge in [-0.25, -0.2) is 4.98 Å². The molecule has 0 spiro atoms. The van der Waals surface area contributed by atoms with E-state index in [4.69, 9.17) is 0 Å². The molecule has 2 aromatic rings. The van der Waals surface area contributed by atoms with Gasteiger partial charge in [-0.3, -0.25) is 4.79 Å². The summed E-state index contributed by atoms with van der Waals surface area (Å²) in [4.78, 5) is 15.8. The van der Waals surface area contributed by atoms with E-state index in [1.165, 1.54) is 29.5 Å². The van der Waals surface area contributed by atoms with E-state index in [0.717, 1.165) is 5.69 Å². The lowest BCUT2D eigenvalue weighted by Gasteiger charge is -2.06. The van der Waals surface area contributed by atoms with Gasteiger partial charge in [0.2, 0.25) is 0 Å². The van der Waals surface area contributed by atoms with Crippen molar-refractivity contribution < 1.29 is 15.0 Å². The molecule has 0 atom stereocenters. The van der Waals surface area contributed by atoms with Crippen molar-refractivity contribution in [1.82, 2.24) is 10.3 Å². The van der Waals surface area contributed by atoms with Crippen molar-refractivity contribution in [3.63, 3.8) is 0 Å². The highest BCUT2D eigenvalue weighted by molar-refractivity contribution is 7.07. The van der Waals surface area contributed by atoms with E-state index in [-0.39, 0.29) is 17.1 Å². The molecule has 0 bridgehead atoms. The fourth-order valence-electron chi connectivity index (χ4n) is 1.47. The number of aromatic hydroxyl groups is 2. The van der Waals surface area contributed by atoms with Crippen LogP contribution in [0.25, 0.3) is 0 Å². The summed E-state index contributed by atoms with van der Waals surface area (Å²) in [6.07, 6.45) is 0.634. The van der Waals surface area contributed by atoms with E-state index >= 15 is 0 Å². The lowest BCUT2D eigenvalue weighted by atomic mass is 10.1. The number of carbonyl (C=O) groups excluding carboxylic acids is 1. The number of phenols is 2. The molecule has 94 valence electrons. The van der Waals surface area contributed by atoms with Crippen LogP contribution in [0, 0.1) is 0 Å². The van der Waals surface area contributed by atoms with Gasteiger partial charge in [-0.05, 0) is 18.2 Å². The van der Waals surface area contributed by atoms with E-state index < -0.39 is 5.91 Å². The average Bonchev–Trinajstić information content (AvgIpc) is 2.85. The standard InChI is InChI=1S/C12H12N2O3S/c15-9-1-2-11(16)10(5-9)12(17)13-4-3-8-6-18-7-14-8/h1-2,5-7,15-16H,3-4H2,(H,13,17). The SMILES string of the molecule is O=C(NCCc1cscn1)c1cc(O)ccc1O. The monoisotopic (exact) mass is 264 g/mol. The van der Waals surface area contributed by atoms with Gasteiger partial charge >= 0.3 is 0 Å². The molecule has 2 rings (SSSR count). The predicted molar refractivity (Wildman–Crippen MR) is 67.9 cm³/mol.